The summed E-state index contributed by atoms with van der Waals surface area (Å²) >= 11 is 0. The van der Waals surface area contributed by atoms with Gasteiger partial charge in [-0.15, -0.1) is 0 Å². The van der Waals surface area contributed by atoms with Crippen LogP contribution in [-0.2, 0) is 14.3 Å². The molecule has 19 heavy (non-hydrogen) atoms. The number of rotatable bonds is 5. The van der Waals surface area contributed by atoms with Gasteiger partial charge in [0.2, 0.25) is 12.6 Å². The zero-order valence-corrected chi connectivity index (χ0v) is 11.0. The number of hydrogen-bond acceptors (Lipinski definition) is 5. The van der Waals surface area contributed by atoms with E-state index in [1.54, 1.807) is 25.1 Å². The van der Waals surface area contributed by atoms with Crippen LogP contribution in [0.5, 0.6) is 11.5 Å². The molecule has 0 spiro atoms. The predicted molar refractivity (Wildman–Crippen MR) is 68.8 cm³/mol. The molecule has 1 aromatic rings. The first kappa shape index (κ1) is 13.3. The third kappa shape index (κ3) is 3.19. The summed E-state index contributed by atoms with van der Waals surface area (Å²) in [4.78, 5) is 11.7. The number of carbonyl (C=O) groups excluding carboxylic acids is 1. The van der Waals surface area contributed by atoms with Crippen molar-refractivity contribution in [3.8, 4) is 11.5 Å². The van der Waals surface area contributed by atoms with Crippen LogP contribution in [0.3, 0.4) is 0 Å². The minimum atomic E-state index is -0.470. The molecule has 0 fully saturated rings. The fourth-order valence-electron chi connectivity index (χ4n) is 1.67. The van der Waals surface area contributed by atoms with Crippen molar-refractivity contribution in [3.63, 3.8) is 0 Å². The van der Waals surface area contributed by atoms with E-state index >= 15 is 0 Å². The van der Waals surface area contributed by atoms with Crippen LogP contribution in [0.15, 0.2) is 24.0 Å². The summed E-state index contributed by atoms with van der Waals surface area (Å²) in [6.07, 6.45) is 1.63. The Morgan fingerprint density at radius 3 is 2.68 bits per heavy atom. The summed E-state index contributed by atoms with van der Waals surface area (Å²) < 4.78 is 20.7. The molecular weight excluding hydrogens is 248 g/mol. The van der Waals surface area contributed by atoms with Gasteiger partial charge in [-0.2, -0.15) is 0 Å². The second-order valence-electron chi connectivity index (χ2n) is 3.77. The average molecular weight is 264 g/mol. The van der Waals surface area contributed by atoms with Gasteiger partial charge in [-0.25, -0.2) is 4.79 Å². The molecule has 5 nitrogen and oxygen atoms in total. The van der Waals surface area contributed by atoms with Crippen molar-refractivity contribution >= 4 is 12.0 Å². The van der Waals surface area contributed by atoms with Gasteiger partial charge in [0.25, 0.3) is 0 Å². The van der Waals surface area contributed by atoms with E-state index in [-0.39, 0.29) is 12.6 Å². The van der Waals surface area contributed by atoms with Crippen molar-refractivity contribution in [2.75, 3.05) is 20.0 Å². The lowest BCUT2D eigenvalue weighted by molar-refractivity contribution is -0.142. The Hall–Kier alpha value is -2.17. The van der Waals surface area contributed by atoms with Crippen molar-refractivity contribution in [2.24, 2.45) is 0 Å². The maximum absolute atomic E-state index is 11.7. The van der Waals surface area contributed by atoms with Gasteiger partial charge in [0, 0.05) is 0 Å². The second-order valence-corrected chi connectivity index (χ2v) is 3.77. The lowest BCUT2D eigenvalue weighted by Crippen LogP contribution is -2.10. The molecule has 1 aliphatic rings. The SMILES string of the molecule is CCOC(=O)/C(=C\c1ccc2c(c1)OCO2)OCC. The fraction of sp³-hybridized carbons (Fsp3) is 0.357. The van der Waals surface area contributed by atoms with Crippen LogP contribution in [0.2, 0.25) is 0 Å². The van der Waals surface area contributed by atoms with Crippen LogP contribution in [0, 0.1) is 0 Å². The summed E-state index contributed by atoms with van der Waals surface area (Å²) in [6.45, 7) is 4.49. The quantitative estimate of drug-likeness (QED) is 0.464. The van der Waals surface area contributed by atoms with Crippen LogP contribution < -0.4 is 9.47 Å². The van der Waals surface area contributed by atoms with Gasteiger partial charge in [-0.3, -0.25) is 0 Å². The Kier molecular flexibility index (Phi) is 4.28. The first-order valence-electron chi connectivity index (χ1n) is 6.15. The summed E-state index contributed by atoms with van der Waals surface area (Å²) in [6, 6.07) is 5.41. The summed E-state index contributed by atoms with van der Waals surface area (Å²) in [5.74, 6) is 1.07. The smallest absolute Gasteiger partial charge is 0.373 e. The highest BCUT2D eigenvalue weighted by molar-refractivity contribution is 5.91. The van der Waals surface area contributed by atoms with Crippen LogP contribution in [0.1, 0.15) is 19.4 Å². The minimum Gasteiger partial charge on any atom is -0.487 e. The maximum atomic E-state index is 11.7. The molecule has 0 saturated heterocycles. The highest BCUT2D eigenvalue weighted by Crippen LogP contribution is 2.33. The zero-order valence-electron chi connectivity index (χ0n) is 11.0. The summed E-state index contributed by atoms with van der Waals surface area (Å²) in [5, 5.41) is 0. The summed E-state index contributed by atoms with van der Waals surface area (Å²) in [5.41, 5.74) is 0.792. The summed E-state index contributed by atoms with van der Waals surface area (Å²) in [7, 11) is 0. The van der Waals surface area contributed by atoms with E-state index in [1.165, 1.54) is 0 Å². The molecule has 0 aliphatic carbocycles. The van der Waals surface area contributed by atoms with Crippen LogP contribution >= 0.6 is 0 Å². The molecule has 1 heterocycles. The highest BCUT2D eigenvalue weighted by Gasteiger charge is 2.15. The normalized spacial score (nSPS) is 13.3. The largest absolute Gasteiger partial charge is 0.487 e. The van der Waals surface area contributed by atoms with Gasteiger partial charge in [0.05, 0.1) is 13.2 Å². The standard InChI is InChI=1S/C14H16O5/c1-3-16-13(14(15)17-4-2)8-10-5-6-11-12(7-10)19-9-18-11/h5-8H,3-4,9H2,1-2H3/b13-8+. The Balaban J connectivity index is 2.22. The Bertz CT molecular complexity index is 493. The van der Waals surface area contributed by atoms with Crippen molar-refractivity contribution in [1.82, 2.24) is 0 Å². The molecule has 0 amide bonds. The Morgan fingerprint density at radius 1 is 1.21 bits per heavy atom. The van der Waals surface area contributed by atoms with Gasteiger partial charge in [-0.05, 0) is 37.6 Å². The van der Waals surface area contributed by atoms with E-state index in [0.717, 1.165) is 5.56 Å². The molecule has 1 aliphatic heterocycles. The topological polar surface area (TPSA) is 54.0 Å². The molecule has 5 heteroatoms. The van der Waals surface area contributed by atoms with Gasteiger partial charge in [-0.1, -0.05) is 6.07 Å². The van der Waals surface area contributed by atoms with Crippen LogP contribution in [-0.4, -0.2) is 26.0 Å². The number of ether oxygens (including phenoxy) is 4. The molecular formula is C14H16O5. The van der Waals surface area contributed by atoms with Gasteiger partial charge in [0.15, 0.2) is 11.5 Å². The molecule has 0 N–H and O–H groups in total. The monoisotopic (exact) mass is 264 g/mol. The second kappa shape index (κ2) is 6.13. The molecule has 0 atom stereocenters. The predicted octanol–water partition coefficient (Wildman–Crippen LogP) is 2.36. The highest BCUT2D eigenvalue weighted by atomic mass is 16.7. The van der Waals surface area contributed by atoms with E-state index < -0.39 is 5.97 Å². The molecule has 0 aromatic heterocycles. The lowest BCUT2D eigenvalue weighted by atomic mass is 10.2. The van der Waals surface area contributed by atoms with E-state index in [4.69, 9.17) is 18.9 Å². The molecule has 0 bridgehead atoms. The van der Waals surface area contributed by atoms with Crippen LogP contribution in [0.4, 0.5) is 0 Å². The lowest BCUT2D eigenvalue weighted by Gasteiger charge is -2.07. The zero-order chi connectivity index (χ0) is 13.7. The number of esters is 1. The first-order chi connectivity index (χ1) is 9.24. The van der Waals surface area contributed by atoms with E-state index in [9.17, 15) is 4.79 Å². The van der Waals surface area contributed by atoms with E-state index in [0.29, 0.717) is 24.7 Å². The van der Waals surface area contributed by atoms with Gasteiger partial charge >= 0.3 is 5.97 Å². The molecule has 0 radical (unpaired) electrons. The number of benzene rings is 1. The first-order valence-corrected chi connectivity index (χ1v) is 6.15. The molecule has 102 valence electrons. The minimum absolute atomic E-state index is 0.184. The third-order valence-electron chi connectivity index (χ3n) is 2.47. The maximum Gasteiger partial charge on any atom is 0.373 e. The van der Waals surface area contributed by atoms with Gasteiger partial charge < -0.3 is 18.9 Å². The van der Waals surface area contributed by atoms with Crippen molar-refractivity contribution in [3.05, 3.63) is 29.5 Å². The average Bonchev–Trinajstić information content (AvgIpc) is 2.86. The Morgan fingerprint density at radius 2 is 1.95 bits per heavy atom. The van der Waals surface area contributed by atoms with Crippen LogP contribution in [0.25, 0.3) is 6.08 Å². The molecule has 0 saturated carbocycles. The Labute approximate surface area is 111 Å². The van der Waals surface area contributed by atoms with E-state index in [2.05, 4.69) is 0 Å². The van der Waals surface area contributed by atoms with Crippen molar-refractivity contribution in [2.45, 2.75) is 13.8 Å². The van der Waals surface area contributed by atoms with E-state index in [1.807, 2.05) is 13.0 Å². The molecule has 2 rings (SSSR count). The molecule has 1 aromatic carbocycles. The van der Waals surface area contributed by atoms with Crippen molar-refractivity contribution < 1.29 is 23.7 Å². The third-order valence-corrected chi connectivity index (χ3v) is 2.47. The number of fused-ring (bicyclic) bond motifs is 1. The number of carbonyl (C=O) groups is 1. The van der Waals surface area contributed by atoms with Crippen molar-refractivity contribution in [1.29, 1.82) is 0 Å². The van der Waals surface area contributed by atoms with Gasteiger partial charge in [0.1, 0.15) is 0 Å². The fourth-order valence-corrected chi connectivity index (χ4v) is 1.67. The number of hydrogen-bond donors (Lipinski definition) is 0. The molecule has 0 unspecified atom stereocenters.